The summed E-state index contributed by atoms with van der Waals surface area (Å²) in [6.45, 7) is 0. The zero-order chi connectivity index (χ0) is 21.5. The number of anilines is 2. The lowest BCUT2D eigenvalue weighted by Crippen LogP contribution is -2.14. The number of hydrogen-bond acceptors (Lipinski definition) is 5. The van der Waals surface area contributed by atoms with Gasteiger partial charge in [-0.15, -0.1) is 0 Å². The Balaban J connectivity index is 1.65. The highest BCUT2D eigenvalue weighted by molar-refractivity contribution is 6.09. The van der Waals surface area contributed by atoms with Crippen molar-refractivity contribution in [3.05, 3.63) is 106 Å². The number of ketones is 1. The maximum Gasteiger partial charge on any atom is 0.269 e. The summed E-state index contributed by atoms with van der Waals surface area (Å²) in [5.41, 5.74) is 2.95. The van der Waals surface area contributed by atoms with E-state index in [1.54, 1.807) is 61.7 Å². The van der Waals surface area contributed by atoms with Gasteiger partial charge in [0.15, 0.2) is 5.78 Å². The topological polar surface area (TPSA) is 101 Å². The average molecular weight is 401 g/mol. The summed E-state index contributed by atoms with van der Waals surface area (Å²) in [5.74, 6) is -0.469. The minimum atomic E-state index is -0.476. The number of rotatable bonds is 7. The molecule has 0 radical (unpaired) electrons. The van der Waals surface area contributed by atoms with Crippen molar-refractivity contribution in [1.29, 1.82) is 0 Å². The molecule has 7 nitrogen and oxygen atoms in total. The minimum absolute atomic E-state index is 0.00606. The van der Waals surface area contributed by atoms with Crippen LogP contribution in [-0.4, -0.2) is 23.7 Å². The summed E-state index contributed by atoms with van der Waals surface area (Å²) < 4.78 is 0. The lowest BCUT2D eigenvalue weighted by Gasteiger charge is -2.10. The molecule has 7 heteroatoms. The molecule has 0 atom stereocenters. The number of carbonyl (C=O) groups is 2. The second-order valence-electron chi connectivity index (χ2n) is 6.37. The Morgan fingerprint density at radius 1 is 0.933 bits per heavy atom. The molecule has 0 aliphatic rings. The van der Waals surface area contributed by atoms with Crippen LogP contribution < -0.4 is 10.6 Å². The van der Waals surface area contributed by atoms with Crippen LogP contribution >= 0.6 is 0 Å². The first-order valence-corrected chi connectivity index (χ1v) is 9.13. The predicted octanol–water partition coefficient (Wildman–Crippen LogP) is 4.78. The molecule has 3 aromatic carbocycles. The van der Waals surface area contributed by atoms with E-state index in [1.807, 2.05) is 12.1 Å². The lowest BCUT2D eigenvalue weighted by molar-refractivity contribution is -0.384. The van der Waals surface area contributed by atoms with Gasteiger partial charge in [0.25, 0.3) is 11.6 Å². The number of carbonyl (C=O) groups excluding carboxylic acids is 2. The first-order chi connectivity index (χ1) is 14.5. The second-order valence-corrected chi connectivity index (χ2v) is 6.37. The maximum atomic E-state index is 12.5. The fourth-order valence-electron chi connectivity index (χ4n) is 2.79. The quantitative estimate of drug-likeness (QED) is 0.257. The number of para-hydroxylation sites is 1. The van der Waals surface area contributed by atoms with E-state index in [9.17, 15) is 19.7 Å². The molecule has 2 N–H and O–H groups in total. The largest absolute Gasteiger partial charge is 0.387 e. The fourth-order valence-corrected chi connectivity index (χ4v) is 2.79. The van der Waals surface area contributed by atoms with Crippen LogP contribution in [0.5, 0.6) is 0 Å². The van der Waals surface area contributed by atoms with Crippen molar-refractivity contribution in [2.45, 2.75) is 0 Å². The normalized spacial score (nSPS) is 10.6. The van der Waals surface area contributed by atoms with E-state index in [0.717, 1.165) is 5.69 Å². The number of nitrogens with one attached hydrogen (secondary N) is 2. The van der Waals surface area contributed by atoms with Crippen molar-refractivity contribution in [3.8, 4) is 0 Å². The Hall–Kier alpha value is -4.26. The molecule has 0 fully saturated rings. The second kappa shape index (κ2) is 9.29. The van der Waals surface area contributed by atoms with Crippen molar-refractivity contribution in [2.75, 3.05) is 17.7 Å². The summed E-state index contributed by atoms with van der Waals surface area (Å²) >= 11 is 0. The third kappa shape index (κ3) is 4.96. The number of non-ortho nitro benzene ring substituents is 1. The monoisotopic (exact) mass is 401 g/mol. The molecule has 0 heterocycles. The van der Waals surface area contributed by atoms with E-state index in [2.05, 4.69) is 10.6 Å². The van der Waals surface area contributed by atoms with Gasteiger partial charge in [-0.25, -0.2) is 0 Å². The van der Waals surface area contributed by atoms with Crippen LogP contribution in [-0.2, 0) is 0 Å². The molecule has 30 heavy (non-hydrogen) atoms. The molecule has 3 aromatic rings. The van der Waals surface area contributed by atoms with E-state index in [-0.39, 0.29) is 17.4 Å². The Morgan fingerprint density at radius 3 is 2.23 bits per heavy atom. The number of nitro groups is 1. The number of amides is 1. The van der Waals surface area contributed by atoms with Crippen molar-refractivity contribution in [2.24, 2.45) is 0 Å². The van der Waals surface area contributed by atoms with E-state index < -0.39 is 4.92 Å². The average Bonchev–Trinajstić information content (AvgIpc) is 2.78. The third-order valence-corrected chi connectivity index (χ3v) is 4.40. The molecule has 0 unspecified atom stereocenters. The highest BCUT2D eigenvalue weighted by Gasteiger charge is 2.11. The van der Waals surface area contributed by atoms with Gasteiger partial charge in [-0.3, -0.25) is 19.7 Å². The van der Waals surface area contributed by atoms with E-state index in [4.69, 9.17) is 0 Å². The first-order valence-electron chi connectivity index (χ1n) is 9.13. The van der Waals surface area contributed by atoms with Crippen LogP contribution in [0.2, 0.25) is 0 Å². The van der Waals surface area contributed by atoms with Gasteiger partial charge in [0.2, 0.25) is 0 Å². The third-order valence-electron chi connectivity index (χ3n) is 4.40. The zero-order valence-corrected chi connectivity index (χ0v) is 16.2. The lowest BCUT2D eigenvalue weighted by atomic mass is 10.1. The molecular formula is C23H19N3O4. The Kier molecular flexibility index (Phi) is 6.34. The van der Waals surface area contributed by atoms with E-state index in [0.29, 0.717) is 22.4 Å². The summed E-state index contributed by atoms with van der Waals surface area (Å²) in [6, 6.07) is 19.6. The van der Waals surface area contributed by atoms with Crippen LogP contribution in [0.25, 0.3) is 6.08 Å². The number of nitrogens with zero attached hydrogens (tertiary/aromatic N) is 1. The Labute approximate surface area is 173 Å². The predicted molar refractivity (Wildman–Crippen MR) is 117 cm³/mol. The molecule has 1 amide bonds. The van der Waals surface area contributed by atoms with Crippen molar-refractivity contribution >= 4 is 34.8 Å². The minimum Gasteiger partial charge on any atom is -0.387 e. The number of allylic oxidation sites excluding steroid dienone is 1. The van der Waals surface area contributed by atoms with Gasteiger partial charge in [0.05, 0.1) is 10.5 Å². The molecule has 0 spiro atoms. The zero-order valence-electron chi connectivity index (χ0n) is 16.2. The van der Waals surface area contributed by atoms with Gasteiger partial charge in [-0.1, -0.05) is 18.2 Å². The van der Waals surface area contributed by atoms with Crippen LogP contribution in [0.3, 0.4) is 0 Å². The summed E-state index contributed by atoms with van der Waals surface area (Å²) in [6.07, 6.45) is 2.99. The number of nitro benzene ring substituents is 1. The first kappa shape index (κ1) is 20.5. The molecule has 0 saturated heterocycles. The van der Waals surface area contributed by atoms with Gasteiger partial charge in [-0.05, 0) is 60.2 Å². The van der Waals surface area contributed by atoms with E-state index >= 15 is 0 Å². The SMILES string of the molecule is CNc1ccccc1C(=O)Nc1ccc(C(=O)/C=C/c2ccc([N+](=O)[O-])cc2)cc1. The highest BCUT2D eigenvalue weighted by Crippen LogP contribution is 2.18. The summed E-state index contributed by atoms with van der Waals surface area (Å²) in [7, 11) is 1.75. The summed E-state index contributed by atoms with van der Waals surface area (Å²) in [5, 5.41) is 16.5. The molecular weight excluding hydrogens is 382 g/mol. The molecule has 0 bridgehead atoms. The van der Waals surface area contributed by atoms with E-state index in [1.165, 1.54) is 18.2 Å². The van der Waals surface area contributed by atoms with Gasteiger partial charge in [-0.2, -0.15) is 0 Å². The smallest absolute Gasteiger partial charge is 0.269 e. The van der Waals surface area contributed by atoms with Crippen LogP contribution in [0.1, 0.15) is 26.3 Å². The summed E-state index contributed by atoms with van der Waals surface area (Å²) in [4.78, 5) is 35.0. The molecule has 0 aromatic heterocycles. The van der Waals surface area contributed by atoms with Crippen LogP contribution in [0.4, 0.5) is 17.1 Å². The van der Waals surface area contributed by atoms with Gasteiger partial charge in [0, 0.05) is 36.1 Å². The molecule has 150 valence electrons. The highest BCUT2D eigenvalue weighted by atomic mass is 16.6. The molecule has 0 saturated carbocycles. The van der Waals surface area contributed by atoms with Gasteiger partial charge < -0.3 is 10.6 Å². The van der Waals surface area contributed by atoms with Crippen molar-refractivity contribution in [3.63, 3.8) is 0 Å². The van der Waals surface area contributed by atoms with Gasteiger partial charge in [0.1, 0.15) is 0 Å². The molecule has 3 rings (SSSR count). The van der Waals surface area contributed by atoms with Crippen molar-refractivity contribution in [1.82, 2.24) is 0 Å². The molecule has 0 aliphatic heterocycles. The van der Waals surface area contributed by atoms with Crippen LogP contribution in [0.15, 0.2) is 78.9 Å². The molecule has 0 aliphatic carbocycles. The Bertz CT molecular complexity index is 1100. The number of hydrogen-bond donors (Lipinski definition) is 2. The number of benzene rings is 3. The fraction of sp³-hybridized carbons (Fsp3) is 0.0435. The van der Waals surface area contributed by atoms with Crippen LogP contribution in [0, 0.1) is 10.1 Å². The van der Waals surface area contributed by atoms with Crippen molar-refractivity contribution < 1.29 is 14.5 Å². The van der Waals surface area contributed by atoms with Gasteiger partial charge >= 0.3 is 0 Å². The maximum absolute atomic E-state index is 12.5. The Morgan fingerprint density at radius 2 is 1.60 bits per heavy atom. The standard InChI is InChI=1S/C23H19N3O4/c1-24-21-5-3-2-4-20(21)23(28)25-18-11-9-17(10-12-18)22(27)15-8-16-6-13-19(14-7-16)26(29)30/h2-15,24H,1H3,(H,25,28)/b15-8+.